The molecule has 0 radical (unpaired) electrons. The number of hydrogen-bond donors (Lipinski definition) is 2. The molecule has 3 aromatic rings. The van der Waals surface area contributed by atoms with Gasteiger partial charge in [0.05, 0.1) is 10.5 Å². The van der Waals surface area contributed by atoms with Gasteiger partial charge < -0.3 is 5.32 Å². The molecule has 0 unspecified atom stereocenters. The molecular weight excluding hydrogens is 248 g/mol. The first-order chi connectivity index (χ1) is 8.81. The van der Waals surface area contributed by atoms with Crippen LogP contribution < -0.4 is 10.6 Å². The predicted octanol–water partition coefficient (Wildman–Crippen LogP) is 3.04. The molecule has 3 rings (SSSR count). The van der Waals surface area contributed by atoms with Gasteiger partial charge >= 0.3 is 6.03 Å². The summed E-state index contributed by atoms with van der Waals surface area (Å²) in [5, 5.41) is 12.4. The van der Waals surface area contributed by atoms with Gasteiger partial charge in [0.2, 0.25) is 0 Å². The first-order valence-electron chi connectivity index (χ1n) is 5.36. The van der Waals surface area contributed by atoms with E-state index in [0.717, 1.165) is 16.2 Å². The second-order valence-corrected chi connectivity index (χ2v) is 4.62. The Balaban J connectivity index is 1.73. The Bertz CT molecular complexity index is 674. The highest BCUT2D eigenvalue weighted by Crippen LogP contribution is 2.16. The van der Waals surface area contributed by atoms with Crippen molar-refractivity contribution in [2.24, 2.45) is 0 Å². The van der Waals surface area contributed by atoms with E-state index in [1.54, 1.807) is 23.0 Å². The number of carbonyl (C=O) groups excluding carboxylic acids is 1. The molecule has 6 heteroatoms. The van der Waals surface area contributed by atoms with Crippen molar-refractivity contribution in [2.45, 2.75) is 0 Å². The second kappa shape index (κ2) is 4.50. The Morgan fingerprint density at radius 2 is 2.22 bits per heavy atom. The standard InChI is InChI=1S/C12H10N4OS/c17-12(15-11-2-1-7-18-11)14-9-4-6-16-10(8-9)3-5-13-16/h1-8H,(H2,14,15,17). The van der Waals surface area contributed by atoms with Gasteiger partial charge in [0.1, 0.15) is 0 Å². The summed E-state index contributed by atoms with van der Waals surface area (Å²) in [6.45, 7) is 0. The third-order valence-corrected chi connectivity index (χ3v) is 3.20. The van der Waals surface area contributed by atoms with Gasteiger partial charge in [0, 0.05) is 18.1 Å². The maximum Gasteiger partial charge on any atom is 0.324 e. The third-order valence-electron chi connectivity index (χ3n) is 2.42. The van der Waals surface area contributed by atoms with E-state index in [9.17, 15) is 4.79 Å². The highest BCUT2D eigenvalue weighted by Gasteiger charge is 2.03. The Morgan fingerprint density at radius 1 is 1.28 bits per heavy atom. The molecule has 18 heavy (non-hydrogen) atoms. The quantitative estimate of drug-likeness (QED) is 0.742. The molecule has 0 aliphatic carbocycles. The lowest BCUT2D eigenvalue weighted by Crippen LogP contribution is -2.18. The van der Waals surface area contributed by atoms with E-state index in [2.05, 4.69) is 15.7 Å². The van der Waals surface area contributed by atoms with E-state index < -0.39 is 0 Å². The highest BCUT2D eigenvalue weighted by molar-refractivity contribution is 7.14. The van der Waals surface area contributed by atoms with E-state index >= 15 is 0 Å². The minimum Gasteiger partial charge on any atom is -0.308 e. The molecule has 0 aromatic carbocycles. The van der Waals surface area contributed by atoms with Crippen LogP contribution in [0.2, 0.25) is 0 Å². The zero-order valence-electron chi connectivity index (χ0n) is 9.33. The van der Waals surface area contributed by atoms with Gasteiger partial charge in [-0.1, -0.05) is 0 Å². The number of rotatable bonds is 2. The number of amides is 2. The summed E-state index contributed by atoms with van der Waals surface area (Å²) >= 11 is 1.48. The zero-order chi connectivity index (χ0) is 12.4. The number of nitrogens with one attached hydrogen (secondary N) is 2. The summed E-state index contributed by atoms with van der Waals surface area (Å²) in [5.41, 5.74) is 1.67. The Kier molecular flexibility index (Phi) is 2.70. The lowest BCUT2D eigenvalue weighted by molar-refractivity contribution is 0.262. The highest BCUT2D eigenvalue weighted by atomic mass is 32.1. The van der Waals surface area contributed by atoms with Gasteiger partial charge in [0.25, 0.3) is 0 Å². The van der Waals surface area contributed by atoms with Crippen molar-refractivity contribution in [2.75, 3.05) is 10.6 Å². The molecule has 0 fully saturated rings. The van der Waals surface area contributed by atoms with Crippen LogP contribution in [-0.4, -0.2) is 15.6 Å². The van der Waals surface area contributed by atoms with E-state index in [1.807, 2.05) is 29.6 Å². The summed E-state index contributed by atoms with van der Waals surface area (Å²) in [5.74, 6) is 0. The first kappa shape index (κ1) is 10.8. The summed E-state index contributed by atoms with van der Waals surface area (Å²) in [4.78, 5) is 11.7. The van der Waals surface area contributed by atoms with Gasteiger partial charge in [-0.2, -0.15) is 5.10 Å². The smallest absolute Gasteiger partial charge is 0.308 e. The van der Waals surface area contributed by atoms with Crippen molar-refractivity contribution >= 4 is 33.6 Å². The molecule has 0 aliphatic heterocycles. The SMILES string of the molecule is O=C(Nc1ccn2nccc2c1)Nc1cccs1. The lowest BCUT2D eigenvalue weighted by Gasteiger charge is -2.06. The summed E-state index contributed by atoms with van der Waals surface area (Å²) in [7, 11) is 0. The molecule has 0 atom stereocenters. The van der Waals surface area contributed by atoms with E-state index in [0.29, 0.717) is 0 Å². The number of fused-ring (bicyclic) bond motifs is 1. The Hall–Kier alpha value is -2.34. The zero-order valence-corrected chi connectivity index (χ0v) is 10.1. The van der Waals surface area contributed by atoms with E-state index in [4.69, 9.17) is 0 Å². The van der Waals surface area contributed by atoms with Crippen LogP contribution in [0.25, 0.3) is 5.52 Å². The number of nitrogens with zero attached hydrogens (tertiary/aromatic N) is 2. The van der Waals surface area contributed by atoms with Crippen LogP contribution in [-0.2, 0) is 0 Å². The molecule has 0 aliphatic rings. The minimum atomic E-state index is -0.249. The third kappa shape index (κ3) is 2.18. The normalized spacial score (nSPS) is 10.4. The number of urea groups is 1. The number of pyridine rings is 1. The fourth-order valence-corrected chi connectivity index (χ4v) is 2.24. The second-order valence-electron chi connectivity index (χ2n) is 3.67. The van der Waals surface area contributed by atoms with Gasteiger partial charge in [-0.3, -0.25) is 5.32 Å². The van der Waals surface area contributed by atoms with Crippen molar-refractivity contribution in [3.05, 3.63) is 48.1 Å². The number of anilines is 2. The van der Waals surface area contributed by atoms with Crippen molar-refractivity contribution in [1.29, 1.82) is 0 Å². The van der Waals surface area contributed by atoms with Crippen molar-refractivity contribution in [3.8, 4) is 0 Å². The molecule has 3 heterocycles. The maximum absolute atomic E-state index is 11.7. The van der Waals surface area contributed by atoms with Gasteiger partial charge in [-0.15, -0.1) is 11.3 Å². The molecule has 2 amide bonds. The summed E-state index contributed by atoms with van der Waals surface area (Å²) < 4.78 is 1.74. The van der Waals surface area contributed by atoms with Gasteiger partial charge in [-0.05, 0) is 35.7 Å². The topological polar surface area (TPSA) is 58.4 Å². The largest absolute Gasteiger partial charge is 0.324 e. The van der Waals surface area contributed by atoms with Crippen LogP contribution in [0.3, 0.4) is 0 Å². The molecule has 90 valence electrons. The van der Waals surface area contributed by atoms with Crippen LogP contribution in [0.1, 0.15) is 0 Å². The fourth-order valence-electron chi connectivity index (χ4n) is 1.62. The first-order valence-corrected chi connectivity index (χ1v) is 6.24. The maximum atomic E-state index is 11.7. The predicted molar refractivity (Wildman–Crippen MR) is 72.2 cm³/mol. The number of hydrogen-bond acceptors (Lipinski definition) is 3. The Morgan fingerprint density at radius 3 is 3.06 bits per heavy atom. The number of thiophene rings is 1. The fraction of sp³-hybridized carbons (Fsp3) is 0. The molecule has 0 spiro atoms. The van der Waals surface area contributed by atoms with Crippen LogP contribution in [0.4, 0.5) is 15.5 Å². The van der Waals surface area contributed by atoms with E-state index in [1.165, 1.54) is 11.3 Å². The lowest BCUT2D eigenvalue weighted by atomic mass is 10.3. The molecule has 3 aromatic heterocycles. The average molecular weight is 258 g/mol. The Labute approximate surface area is 107 Å². The molecular formula is C12H10N4OS. The summed E-state index contributed by atoms with van der Waals surface area (Å²) in [6, 6.07) is 9.03. The minimum absolute atomic E-state index is 0.249. The average Bonchev–Trinajstić information content (AvgIpc) is 2.98. The number of aromatic nitrogens is 2. The molecule has 0 saturated heterocycles. The van der Waals surface area contributed by atoms with E-state index in [-0.39, 0.29) is 6.03 Å². The van der Waals surface area contributed by atoms with Crippen molar-refractivity contribution < 1.29 is 4.79 Å². The molecule has 0 saturated carbocycles. The van der Waals surface area contributed by atoms with Crippen molar-refractivity contribution in [3.63, 3.8) is 0 Å². The summed E-state index contributed by atoms with van der Waals surface area (Å²) in [6.07, 6.45) is 3.51. The van der Waals surface area contributed by atoms with Crippen LogP contribution in [0, 0.1) is 0 Å². The van der Waals surface area contributed by atoms with Crippen LogP contribution >= 0.6 is 11.3 Å². The van der Waals surface area contributed by atoms with Gasteiger partial charge in [0.15, 0.2) is 0 Å². The van der Waals surface area contributed by atoms with Crippen LogP contribution in [0.15, 0.2) is 48.1 Å². The van der Waals surface area contributed by atoms with Gasteiger partial charge in [-0.25, -0.2) is 9.31 Å². The molecule has 0 bridgehead atoms. The molecule has 5 nitrogen and oxygen atoms in total. The monoisotopic (exact) mass is 258 g/mol. The van der Waals surface area contributed by atoms with Crippen molar-refractivity contribution in [1.82, 2.24) is 9.61 Å². The van der Waals surface area contributed by atoms with Crippen LogP contribution in [0.5, 0.6) is 0 Å². The molecule has 2 N–H and O–H groups in total. The number of carbonyl (C=O) groups is 1.